The van der Waals surface area contributed by atoms with E-state index in [0.717, 1.165) is 5.56 Å². The molecule has 1 saturated heterocycles. The molecular formula is C15H13N3O3. The van der Waals surface area contributed by atoms with Crippen molar-refractivity contribution in [2.45, 2.75) is 31.8 Å². The van der Waals surface area contributed by atoms with Crippen molar-refractivity contribution in [2.24, 2.45) is 0 Å². The number of piperidine rings is 1. The molecule has 2 heterocycles. The average Bonchev–Trinajstić information content (AvgIpc) is 2.80. The van der Waals surface area contributed by atoms with Gasteiger partial charge in [-0.1, -0.05) is 18.2 Å². The first-order valence-electron chi connectivity index (χ1n) is 6.62. The number of carbonyl (C=O) groups is 3. The number of amides is 3. The molecule has 21 heavy (non-hydrogen) atoms. The third-order valence-electron chi connectivity index (χ3n) is 4.20. The molecular weight excluding hydrogens is 270 g/mol. The summed E-state index contributed by atoms with van der Waals surface area (Å²) in [7, 11) is 0. The number of imide groups is 1. The molecule has 1 N–H and O–H groups in total. The minimum Gasteiger partial charge on any atom is -0.320 e. The number of benzene rings is 1. The number of nitrogens with zero attached hydrogens (tertiary/aromatic N) is 2. The van der Waals surface area contributed by atoms with Gasteiger partial charge in [-0.15, -0.1) is 0 Å². The Morgan fingerprint density at radius 3 is 2.76 bits per heavy atom. The zero-order valence-electron chi connectivity index (χ0n) is 11.5. The van der Waals surface area contributed by atoms with Crippen LogP contribution >= 0.6 is 0 Å². The molecule has 6 nitrogen and oxygen atoms in total. The summed E-state index contributed by atoms with van der Waals surface area (Å²) in [5, 5.41) is 2.30. The molecule has 0 bridgehead atoms. The number of carbonyl (C=O) groups excluding carboxylic acids is 3. The molecule has 6 heteroatoms. The highest BCUT2D eigenvalue weighted by Crippen LogP contribution is 2.35. The third-order valence-corrected chi connectivity index (χ3v) is 4.20. The van der Waals surface area contributed by atoms with Gasteiger partial charge in [-0.25, -0.2) is 4.85 Å². The Labute approximate surface area is 121 Å². The Morgan fingerprint density at radius 2 is 2.10 bits per heavy atom. The first-order valence-corrected chi connectivity index (χ1v) is 6.62. The van der Waals surface area contributed by atoms with Gasteiger partial charge < -0.3 is 4.90 Å². The molecule has 0 spiro atoms. The van der Waals surface area contributed by atoms with Gasteiger partial charge in [-0.2, -0.15) is 0 Å². The lowest BCUT2D eigenvalue weighted by Gasteiger charge is -2.39. The zero-order valence-corrected chi connectivity index (χ0v) is 11.5. The van der Waals surface area contributed by atoms with Gasteiger partial charge in [0.1, 0.15) is 5.54 Å². The molecule has 2 aliphatic rings. The second-order valence-corrected chi connectivity index (χ2v) is 5.50. The lowest BCUT2D eigenvalue weighted by atomic mass is 9.89. The Balaban J connectivity index is 1.96. The maximum atomic E-state index is 12.5. The van der Waals surface area contributed by atoms with Crippen molar-refractivity contribution in [3.8, 4) is 0 Å². The highest BCUT2D eigenvalue weighted by Gasteiger charge is 2.48. The van der Waals surface area contributed by atoms with E-state index < -0.39 is 11.4 Å². The smallest absolute Gasteiger partial charge is 0.255 e. The van der Waals surface area contributed by atoms with E-state index in [1.807, 2.05) is 0 Å². The van der Waals surface area contributed by atoms with Gasteiger partial charge in [0.2, 0.25) is 5.91 Å². The second-order valence-electron chi connectivity index (χ2n) is 5.50. The normalized spacial score (nSPS) is 24.6. The van der Waals surface area contributed by atoms with Crippen LogP contribution in [0.3, 0.4) is 0 Å². The van der Waals surface area contributed by atoms with E-state index >= 15 is 0 Å². The van der Waals surface area contributed by atoms with Crippen LogP contribution in [0, 0.1) is 6.57 Å². The molecule has 1 aromatic rings. The van der Waals surface area contributed by atoms with Gasteiger partial charge in [0.15, 0.2) is 5.69 Å². The largest absolute Gasteiger partial charge is 0.320 e. The predicted octanol–water partition coefficient (Wildman–Crippen LogP) is 1.39. The Hall–Kier alpha value is -2.68. The summed E-state index contributed by atoms with van der Waals surface area (Å²) in [5.74, 6) is -0.976. The molecule has 0 unspecified atom stereocenters. The fourth-order valence-electron chi connectivity index (χ4n) is 2.83. The maximum Gasteiger partial charge on any atom is 0.255 e. The predicted molar refractivity (Wildman–Crippen MR) is 73.4 cm³/mol. The van der Waals surface area contributed by atoms with E-state index in [0.29, 0.717) is 17.7 Å². The average molecular weight is 283 g/mol. The molecule has 0 aliphatic carbocycles. The maximum absolute atomic E-state index is 12.5. The van der Waals surface area contributed by atoms with Gasteiger partial charge in [-0.3, -0.25) is 19.7 Å². The fraction of sp³-hybridized carbons (Fsp3) is 0.333. The SMILES string of the molecule is [C-]#[N+]c1ccc2c(c1)CN([C@@]1(C)CCC(=O)NC1=O)C2=O. The van der Waals surface area contributed by atoms with E-state index in [4.69, 9.17) is 6.57 Å². The summed E-state index contributed by atoms with van der Waals surface area (Å²) in [6, 6.07) is 4.90. The van der Waals surface area contributed by atoms with E-state index in [-0.39, 0.29) is 24.8 Å². The van der Waals surface area contributed by atoms with Gasteiger partial charge in [0.25, 0.3) is 11.8 Å². The van der Waals surface area contributed by atoms with Crippen LogP contribution in [0.1, 0.15) is 35.7 Å². The van der Waals surface area contributed by atoms with Crippen LogP contribution in [0.5, 0.6) is 0 Å². The zero-order chi connectivity index (χ0) is 15.2. The summed E-state index contributed by atoms with van der Waals surface area (Å²) in [5.41, 5.74) is 0.715. The molecule has 0 aromatic heterocycles. The Kier molecular flexibility index (Phi) is 2.80. The van der Waals surface area contributed by atoms with Crippen LogP contribution in [0.2, 0.25) is 0 Å². The van der Waals surface area contributed by atoms with Crippen molar-refractivity contribution in [3.05, 3.63) is 40.7 Å². The second kappa shape index (κ2) is 4.42. The summed E-state index contributed by atoms with van der Waals surface area (Å²) >= 11 is 0. The van der Waals surface area contributed by atoms with Crippen LogP contribution in [0.15, 0.2) is 18.2 Å². The van der Waals surface area contributed by atoms with Crippen LogP contribution in [-0.2, 0) is 16.1 Å². The van der Waals surface area contributed by atoms with Crippen molar-refractivity contribution in [1.82, 2.24) is 10.2 Å². The quantitative estimate of drug-likeness (QED) is 0.625. The van der Waals surface area contributed by atoms with E-state index in [9.17, 15) is 14.4 Å². The van der Waals surface area contributed by atoms with Gasteiger partial charge in [-0.05, 0) is 18.9 Å². The van der Waals surface area contributed by atoms with Gasteiger partial charge >= 0.3 is 0 Å². The first-order chi connectivity index (χ1) is 9.95. The Morgan fingerprint density at radius 1 is 1.33 bits per heavy atom. The molecule has 1 fully saturated rings. The highest BCUT2D eigenvalue weighted by atomic mass is 16.2. The topological polar surface area (TPSA) is 70.8 Å². The molecule has 0 saturated carbocycles. The molecule has 106 valence electrons. The number of hydrogen-bond acceptors (Lipinski definition) is 3. The van der Waals surface area contributed by atoms with Crippen molar-refractivity contribution in [1.29, 1.82) is 0 Å². The monoisotopic (exact) mass is 283 g/mol. The van der Waals surface area contributed by atoms with Crippen molar-refractivity contribution < 1.29 is 14.4 Å². The number of fused-ring (bicyclic) bond motifs is 1. The number of rotatable bonds is 1. The summed E-state index contributed by atoms with van der Waals surface area (Å²) < 4.78 is 0. The van der Waals surface area contributed by atoms with E-state index in [2.05, 4.69) is 10.2 Å². The van der Waals surface area contributed by atoms with Crippen LogP contribution in [0.4, 0.5) is 5.69 Å². The molecule has 3 rings (SSSR count). The van der Waals surface area contributed by atoms with Crippen LogP contribution in [0.25, 0.3) is 4.85 Å². The standard InChI is InChI=1S/C15H13N3O3/c1-15(6-5-12(19)17-14(15)21)18-8-9-7-10(16-2)3-4-11(9)13(18)20/h3-4,7H,5-6,8H2,1H3,(H,17,19,21)/t15-/m0/s1. The lowest BCUT2D eigenvalue weighted by Crippen LogP contribution is -2.61. The summed E-state index contributed by atoms with van der Waals surface area (Å²) in [6.07, 6.45) is 0.530. The fourth-order valence-corrected chi connectivity index (χ4v) is 2.83. The minimum atomic E-state index is -1.03. The molecule has 0 radical (unpaired) electrons. The lowest BCUT2D eigenvalue weighted by molar-refractivity contribution is -0.142. The van der Waals surface area contributed by atoms with Gasteiger partial charge in [0, 0.05) is 18.5 Å². The van der Waals surface area contributed by atoms with E-state index in [1.54, 1.807) is 25.1 Å². The molecule has 1 atom stereocenters. The number of nitrogens with one attached hydrogen (secondary N) is 1. The minimum absolute atomic E-state index is 0.218. The van der Waals surface area contributed by atoms with Crippen molar-refractivity contribution in [3.63, 3.8) is 0 Å². The van der Waals surface area contributed by atoms with Gasteiger partial charge in [0.05, 0.1) is 6.57 Å². The van der Waals surface area contributed by atoms with Crippen molar-refractivity contribution >= 4 is 23.4 Å². The highest BCUT2D eigenvalue weighted by molar-refractivity contribution is 6.07. The molecule has 2 aliphatic heterocycles. The molecule has 1 aromatic carbocycles. The number of hydrogen-bond donors (Lipinski definition) is 1. The van der Waals surface area contributed by atoms with Crippen molar-refractivity contribution in [2.75, 3.05) is 0 Å². The summed E-state index contributed by atoms with van der Waals surface area (Å²) in [6.45, 7) is 8.98. The van der Waals surface area contributed by atoms with Crippen LogP contribution in [-0.4, -0.2) is 28.2 Å². The summed E-state index contributed by atoms with van der Waals surface area (Å²) in [4.78, 5) is 40.8. The van der Waals surface area contributed by atoms with E-state index in [1.165, 1.54) is 4.90 Å². The first kappa shape index (κ1) is 13.3. The molecule has 3 amide bonds. The van der Waals surface area contributed by atoms with Crippen LogP contribution < -0.4 is 5.32 Å². The third kappa shape index (κ3) is 1.89. The Bertz CT molecular complexity index is 719.